The van der Waals surface area contributed by atoms with Crippen LogP contribution in [0.5, 0.6) is 5.75 Å². The van der Waals surface area contributed by atoms with E-state index in [9.17, 15) is 0 Å². The van der Waals surface area contributed by atoms with Gasteiger partial charge in [-0.15, -0.1) is 0 Å². The molecule has 0 aliphatic carbocycles. The SMILES string of the molecule is Cc1cccc(OC(CNC(C)C)C(C)C)c1. The normalized spacial score (nSPS) is 13.1. The van der Waals surface area contributed by atoms with E-state index in [-0.39, 0.29) is 6.10 Å². The molecule has 1 atom stereocenters. The Balaban J connectivity index is 2.60. The van der Waals surface area contributed by atoms with Crippen LogP contribution in [0.15, 0.2) is 24.3 Å². The van der Waals surface area contributed by atoms with Gasteiger partial charge in [-0.2, -0.15) is 0 Å². The summed E-state index contributed by atoms with van der Waals surface area (Å²) < 4.78 is 6.04. The zero-order valence-corrected chi connectivity index (χ0v) is 11.7. The molecule has 0 radical (unpaired) electrons. The van der Waals surface area contributed by atoms with Gasteiger partial charge in [0.2, 0.25) is 0 Å². The van der Waals surface area contributed by atoms with Crippen molar-refractivity contribution in [3.05, 3.63) is 29.8 Å². The van der Waals surface area contributed by atoms with Crippen LogP contribution in [-0.4, -0.2) is 18.7 Å². The minimum Gasteiger partial charge on any atom is -0.489 e. The van der Waals surface area contributed by atoms with E-state index in [1.165, 1.54) is 5.56 Å². The van der Waals surface area contributed by atoms with Gasteiger partial charge in [0.05, 0.1) is 0 Å². The van der Waals surface area contributed by atoms with Crippen LogP contribution in [0.4, 0.5) is 0 Å². The largest absolute Gasteiger partial charge is 0.489 e. The molecule has 0 heterocycles. The predicted molar refractivity (Wildman–Crippen MR) is 73.6 cm³/mol. The van der Waals surface area contributed by atoms with Crippen molar-refractivity contribution in [2.75, 3.05) is 6.54 Å². The molecule has 1 unspecified atom stereocenters. The molecule has 17 heavy (non-hydrogen) atoms. The first-order valence-electron chi connectivity index (χ1n) is 6.45. The Morgan fingerprint density at radius 3 is 2.41 bits per heavy atom. The second kappa shape index (κ2) is 6.65. The molecule has 0 aliphatic heterocycles. The molecule has 0 aliphatic rings. The van der Waals surface area contributed by atoms with E-state index in [2.05, 4.69) is 52.1 Å². The average molecular weight is 235 g/mol. The van der Waals surface area contributed by atoms with E-state index >= 15 is 0 Å². The first kappa shape index (κ1) is 14.0. The van der Waals surface area contributed by atoms with Crippen LogP contribution in [0.2, 0.25) is 0 Å². The molecule has 0 aromatic heterocycles. The molecule has 0 bridgehead atoms. The van der Waals surface area contributed by atoms with Gasteiger partial charge >= 0.3 is 0 Å². The third-order valence-electron chi connectivity index (χ3n) is 2.75. The second-order valence-corrected chi connectivity index (χ2v) is 5.28. The number of ether oxygens (including phenoxy) is 1. The number of hydrogen-bond acceptors (Lipinski definition) is 2. The number of aryl methyl sites for hydroxylation is 1. The van der Waals surface area contributed by atoms with Crippen LogP contribution in [0.1, 0.15) is 33.3 Å². The predicted octanol–water partition coefficient (Wildman–Crippen LogP) is 3.40. The quantitative estimate of drug-likeness (QED) is 0.816. The van der Waals surface area contributed by atoms with Crippen LogP contribution in [0.25, 0.3) is 0 Å². The lowest BCUT2D eigenvalue weighted by Crippen LogP contribution is -2.38. The maximum atomic E-state index is 6.04. The van der Waals surface area contributed by atoms with Crippen LogP contribution in [0, 0.1) is 12.8 Å². The van der Waals surface area contributed by atoms with E-state index in [0.717, 1.165) is 12.3 Å². The summed E-state index contributed by atoms with van der Waals surface area (Å²) in [6.07, 6.45) is 0.221. The molecule has 2 heteroatoms. The van der Waals surface area contributed by atoms with Crippen molar-refractivity contribution in [2.24, 2.45) is 5.92 Å². The maximum absolute atomic E-state index is 6.04. The fourth-order valence-corrected chi connectivity index (χ4v) is 1.63. The highest BCUT2D eigenvalue weighted by molar-refractivity contribution is 5.27. The van der Waals surface area contributed by atoms with E-state index in [1.54, 1.807) is 0 Å². The van der Waals surface area contributed by atoms with Crippen LogP contribution >= 0.6 is 0 Å². The van der Waals surface area contributed by atoms with Crippen LogP contribution < -0.4 is 10.1 Å². The third kappa shape index (κ3) is 5.22. The summed E-state index contributed by atoms with van der Waals surface area (Å²) >= 11 is 0. The first-order chi connectivity index (χ1) is 7.99. The minimum absolute atomic E-state index is 0.221. The highest BCUT2D eigenvalue weighted by Gasteiger charge is 2.15. The van der Waals surface area contributed by atoms with Crippen LogP contribution in [0.3, 0.4) is 0 Å². The highest BCUT2D eigenvalue weighted by atomic mass is 16.5. The Morgan fingerprint density at radius 2 is 1.88 bits per heavy atom. The standard InChI is InChI=1S/C15H25NO/c1-11(2)15(10-16-12(3)4)17-14-8-6-7-13(5)9-14/h6-9,11-12,15-16H,10H2,1-5H3. The Morgan fingerprint density at radius 1 is 1.18 bits per heavy atom. The number of hydrogen-bond donors (Lipinski definition) is 1. The topological polar surface area (TPSA) is 21.3 Å². The van der Waals surface area contributed by atoms with Crippen molar-refractivity contribution < 1.29 is 4.74 Å². The fraction of sp³-hybridized carbons (Fsp3) is 0.600. The van der Waals surface area contributed by atoms with Crippen molar-refractivity contribution in [3.63, 3.8) is 0 Å². The number of benzene rings is 1. The molecule has 0 amide bonds. The molecule has 1 N–H and O–H groups in total. The monoisotopic (exact) mass is 235 g/mol. The van der Waals surface area contributed by atoms with Crippen molar-refractivity contribution in [1.29, 1.82) is 0 Å². The van der Waals surface area contributed by atoms with E-state index in [4.69, 9.17) is 4.74 Å². The summed E-state index contributed by atoms with van der Waals surface area (Å²) in [5.74, 6) is 1.47. The number of rotatable bonds is 6. The summed E-state index contributed by atoms with van der Waals surface area (Å²) in [5.41, 5.74) is 1.24. The molecule has 0 saturated heterocycles. The van der Waals surface area contributed by atoms with Gasteiger partial charge in [-0.3, -0.25) is 0 Å². The van der Waals surface area contributed by atoms with Gasteiger partial charge in [0.15, 0.2) is 0 Å². The zero-order valence-electron chi connectivity index (χ0n) is 11.7. The van der Waals surface area contributed by atoms with Gasteiger partial charge in [-0.1, -0.05) is 39.8 Å². The zero-order chi connectivity index (χ0) is 12.8. The van der Waals surface area contributed by atoms with Gasteiger partial charge in [0.1, 0.15) is 11.9 Å². The van der Waals surface area contributed by atoms with Crippen LogP contribution in [-0.2, 0) is 0 Å². The van der Waals surface area contributed by atoms with Crippen molar-refractivity contribution in [1.82, 2.24) is 5.32 Å². The molecular formula is C15H25NO. The minimum atomic E-state index is 0.221. The Labute approximate surface area is 105 Å². The smallest absolute Gasteiger partial charge is 0.120 e. The lowest BCUT2D eigenvalue weighted by Gasteiger charge is -2.24. The molecule has 0 fully saturated rings. The van der Waals surface area contributed by atoms with Gasteiger partial charge < -0.3 is 10.1 Å². The molecule has 0 saturated carbocycles. The van der Waals surface area contributed by atoms with Crippen molar-refractivity contribution >= 4 is 0 Å². The molecule has 96 valence electrons. The summed E-state index contributed by atoms with van der Waals surface area (Å²) in [7, 11) is 0. The van der Waals surface area contributed by atoms with E-state index < -0.39 is 0 Å². The molecule has 1 aromatic carbocycles. The summed E-state index contributed by atoms with van der Waals surface area (Å²) in [6.45, 7) is 11.7. The summed E-state index contributed by atoms with van der Waals surface area (Å²) in [6, 6.07) is 8.74. The van der Waals surface area contributed by atoms with Crippen molar-refractivity contribution in [2.45, 2.75) is 46.8 Å². The van der Waals surface area contributed by atoms with Gasteiger partial charge in [-0.05, 0) is 30.5 Å². The highest BCUT2D eigenvalue weighted by Crippen LogP contribution is 2.17. The molecule has 1 rings (SSSR count). The van der Waals surface area contributed by atoms with Gasteiger partial charge in [-0.25, -0.2) is 0 Å². The Kier molecular flexibility index (Phi) is 5.49. The lowest BCUT2D eigenvalue weighted by atomic mass is 10.1. The number of nitrogens with one attached hydrogen (secondary N) is 1. The van der Waals surface area contributed by atoms with E-state index in [1.807, 2.05) is 12.1 Å². The van der Waals surface area contributed by atoms with E-state index in [0.29, 0.717) is 12.0 Å². The fourth-order valence-electron chi connectivity index (χ4n) is 1.63. The molecule has 1 aromatic rings. The molecular weight excluding hydrogens is 210 g/mol. The molecule has 2 nitrogen and oxygen atoms in total. The van der Waals surface area contributed by atoms with Crippen molar-refractivity contribution in [3.8, 4) is 5.75 Å². The lowest BCUT2D eigenvalue weighted by molar-refractivity contribution is 0.146. The molecule has 0 spiro atoms. The van der Waals surface area contributed by atoms with Gasteiger partial charge in [0, 0.05) is 12.6 Å². The summed E-state index contributed by atoms with van der Waals surface area (Å²) in [4.78, 5) is 0. The summed E-state index contributed by atoms with van der Waals surface area (Å²) in [5, 5.41) is 3.44. The third-order valence-corrected chi connectivity index (χ3v) is 2.75. The van der Waals surface area contributed by atoms with Gasteiger partial charge in [0.25, 0.3) is 0 Å². The Hall–Kier alpha value is -1.02. The average Bonchev–Trinajstić information content (AvgIpc) is 2.23. The Bertz CT molecular complexity index is 333. The second-order valence-electron chi connectivity index (χ2n) is 5.28. The first-order valence-corrected chi connectivity index (χ1v) is 6.45. The maximum Gasteiger partial charge on any atom is 0.120 e.